The lowest BCUT2D eigenvalue weighted by Gasteiger charge is -2.26. The van der Waals surface area contributed by atoms with E-state index in [0.717, 1.165) is 31.2 Å². The highest BCUT2D eigenvalue weighted by molar-refractivity contribution is 5.94. The second kappa shape index (κ2) is 5.81. The monoisotopic (exact) mass is 277 g/mol. The molecule has 20 heavy (non-hydrogen) atoms. The van der Waals surface area contributed by atoms with E-state index in [4.69, 9.17) is 9.47 Å². The maximum absolute atomic E-state index is 11.9. The molecular formula is C15H19NO4. The Morgan fingerprint density at radius 3 is 2.60 bits per heavy atom. The van der Waals surface area contributed by atoms with Crippen molar-refractivity contribution in [1.82, 2.24) is 0 Å². The van der Waals surface area contributed by atoms with E-state index in [1.807, 2.05) is 0 Å². The Hall–Kier alpha value is -1.59. The number of carbonyl (C=O) groups is 1. The van der Waals surface area contributed by atoms with Crippen LogP contribution in [0.1, 0.15) is 37.5 Å². The molecule has 1 aliphatic heterocycles. The minimum atomic E-state index is -0.413. The van der Waals surface area contributed by atoms with Crippen LogP contribution in [0.15, 0.2) is 18.2 Å². The second-order valence-electron chi connectivity index (χ2n) is 5.32. The fourth-order valence-electron chi connectivity index (χ4n) is 2.39. The first-order valence-electron chi connectivity index (χ1n) is 7.11. The van der Waals surface area contributed by atoms with Gasteiger partial charge in [-0.15, -0.1) is 0 Å². The summed E-state index contributed by atoms with van der Waals surface area (Å²) >= 11 is 0. The van der Waals surface area contributed by atoms with Crippen molar-refractivity contribution in [1.29, 1.82) is 0 Å². The van der Waals surface area contributed by atoms with Crippen molar-refractivity contribution in [3.63, 3.8) is 0 Å². The summed E-state index contributed by atoms with van der Waals surface area (Å²) < 4.78 is 11.1. The Kier molecular flexibility index (Phi) is 3.89. The van der Waals surface area contributed by atoms with Crippen molar-refractivity contribution < 1.29 is 19.4 Å². The highest BCUT2D eigenvalue weighted by Crippen LogP contribution is 2.33. The quantitative estimate of drug-likeness (QED) is 0.833. The largest absolute Gasteiger partial charge is 0.506 e. The first-order valence-corrected chi connectivity index (χ1v) is 7.11. The molecule has 2 aliphatic rings. The van der Waals surface area contributed by atoms with Gasteiger partial charge in [0.1, 0.15) is 5.75 Å². The summed E-state index contributed by atoms with van der Waals surface area (Å²) in [5, 5.41) is 12.6. The van der Waals surface area contributed by atoms with Crippen LogP contribution in [0, 0.1) is 5.92 Å². The molecule has 1 amide bonds. The van der Waals surface area contributed by atoms with Gasteiger partial charge in [-0.3, -0.25) is 4.79 Å². The lowest BCUT2D eigenvalue weighted by Crippen LogP contribution is -2.28. The van der Waals surface area contributed by atoms with Gasteiger partial charge in [-0.2, -0.15) is 0 Å². The van der Waals surface area contributed by atoms with Gasteiger partial charge >= 0.3 is 0 Å². The van der Waals surface area contributed by atoms with Crippen molar-refractivity contribution in [2.45, 2.75) is 32.0 Å². The average molecular weight is 277 g/mol. The zero-order valence-electron chi connectivity index (χ0n) is 11.3. The van der Waals surface area contributed by atoms with Gasteiger partial charge in [0.25, 0.3) is 0 Å². The van der Waals surface area contributed by atoms with Crippen molar-refractivity contribution in [3.8, 4) is 5.75 Å². The highest BCUT2D eigenvalue weighted by atomic mass is 16.7. The van der Waals surface area contributed by atoms with E-state index in [1.165, 1.54) is 0 Å². The Morgan fingerprint density at radius 1 is 1.20 bits per heavy atom. The minimum Gasteiger partial charge on any atom is -0.506 e. The lowest BCUT2D eigenvalue weighted by molar-refractivity contribution is -0.183. The van der Waals surface area contributed by atoms with E-state index >= 15 is 0 Å². The maximum Gasteiger partial charge on any atom is 0.227 e. The van der Waals surface area contributed by atoms with Gasteiger partial charge in [0.2, 0.25) is 5.91 Å². The van der Waals surface area contributed by atoms with Crippen LogP contribution >= 0.6 is 0 Å². The van der Waals surface area contributed by atoms with Gasteiger partial charge in [-0.05, 0) is 31.4 Å². The fourth-order valence-corrected chi connectivity index (χ4v) is 2.39. The summed E-state index contributed by atoms with van der Waals surface area (Å²) in [7, 11) is 0. The SMILES string of the molecule is O=C(Nc1cc(C2OCCCO2)ccc1O)C1CCC1. The molecule has 108 valence electrons. The van der Waals surface area contributed by atoms with E-state index < -0.39 is 6.29 Å². The van der Waals surface area contributed by atoms with E-state index in [-0.39, 0.29) is 17.6 Å². The van der Waals surface area contributed by atoms with Crippen molar-refractivity contribution in [3.05, 3.63) is 23.8 Å². The number of nitrogens with one attached hydrogen (secondary N) is 1. The Morgan fingerprint density at radius 2 is 1.95 bits per heavy atom. The molecule has 0 bridgehead atoms. The fraction of sp³-hybridized carbons (Fsp3) is 0.533. The number of anilines is 1. The predicted molar refractivity (Wildman–Crippen MR) is 73.3 cm³/mol. The molecule has 1 aromatic rings. The van der Waals surface area contributed by atoms with E-state index in [2.05, 4.69) is 5.32 Å². The summed E-state index contributed by atoms with van der Waals surface area (Å²) in [6.45, 7) is 1.32. The topological polar surface area (TPSA) is 67.8 Å². The zero-order chi connectivity index (χ0) is 13.9. The molecule has 1 saturated carbocycles. The van der Waals surface area contributed by atoms with Crippen molar-refractivity contribution in [2.24, 2.45) is 5.92 Å². The van der Waals surface area contributed by atoms with Crippen LogP contribution in [0.5, 0.6) is 5.75 Å². The number of amides is 1. The normalized spacial score (nSPS) is 20.4. The molecule has 3 rings (SSSR count). The van der Waals surface area contributed by atoms with E-state index in [9.17, 15) is 9.90 Å². The molecule has 0 atom stereocenters. The summed E-state index contributed by atoms with van der Waals surface area (Å²) in [6.07, 6.45) is 3.44. The van der Waals surface area contributed by atoms with Crippen LogP contribution in [0.2, 0.25) is 0 Å². The lowest BCUT2D eigenvalue weighted by atomic mass is 9.85. The number of rotatable bonds is 3. The van der Waals surface area contributed by atoms with Crippen LogP contribution in [0.25, 0.3) is 0 Å². The number of benzene rings is 1. The Bertz CT molecular complexity index is 493. The summed E-state index contributed by atoms with van der Waals surface area (Å²) in [5.74, 6) is 0.131. The van der Waals surface area contributed by atoms with E-state index in [1.54, 1.807) is 18.2 Å². The van der Waals surface area contributed by atoms with Crippen LogP contribution in [0.4, 0.5) is 5.69 Å². The number of ether oxygens (including phenoxy) is 2. The third-order valence-corrected chi connectivity index (χ3v) is 3.85. The van der Waals surface area contributed by atoms with E-state index in [0.29, 0.717) is 18.9 Å². The number of carbonyl (C=O) groups excluding carboxylic acids is 1. The van der Waals surface area contributed by atoms with Crippen molar-refractivity contribution >= 4 is 11.6 Å². The summed E-state index contributed by atoms with van der Waals surface area (Å²) in [5.41, 5.74) is 1.24. The highest BCUT2D eigenvalue weighted by Gasteiger charge is 2.26. The number of phenols is 1. The van der Waals surface area contributed by atoms with Crippen molar-refractivity contribution in [2.75, 3.05) is 18.5 Å². The molecule has 0 radical (unpaired) electrons. The minimum absolute atomic E-state index is 0.0193. The molecule has 5 heteroatoms. The van der Waals surface area contributed by atoms with Gasteiger partial charge in [0.15, 0.2) is 6.29 Å². The summed E-state index contributed by atoms with van der Waals surface area (Å²) in [4.78, 5) is 11.9. The van der Waals surface area contributed by atoms with Crippen LogP contribution in [-0.4, -0.2) is 24.2 Å². The average Bonchev–Trinajstić information content (AvgIpc) is 2.40. The number of hydrogen-bond acceptors (Lipinski definition) is 4. The Balaban J connectivity index is 1.73. The third kappa shape index (κ3) is 2.78. The molecule has 0 spiro atoms. The first-order chi connectivity index (χ1) is 9.74. The molecule has 1 heterocycles. The molecule has 0 aromatic heterocycles. The molecule has 1 aliphatic carbocycles. The molecular weight excluding hydrogens is 258 g/mol. The van der Waals surface area contributed by atoms with Crippen LogP contribution < -0.4 is 5.32 Å². The first kappa shape index (κ1) is 13.4. The Labute approximate surface area is 117 Å². The number of phenolic OH excluding ortho intramolecular Hbond substituents is 1. The molecule has 1 aromatic carbocycles. The number of hydrogen-bond donors (Lipinski definition) is 2. The standard InChI is InChI=1S/C15H19NO4/c17-13-6-5-11(15-19-7-2-8-20-15)9-12(13)16-14(18)10-3-1-4-10/h5-6,9-10,15,17H,1-4,7-8H2,(H,16,18). The van der Waals surface area contributed by atoms with Crippen LogP contribution in [-0.2, 0) is 14.3 Å². The van der Waals surface area contributed by atoms with Gasteiger partial charge in [0, 0.05) is 11.5 Å². The molecule has 0 unspecified atom stereocenters. The molecule has 2 N–H and O–H groups in total. The molecule has 2 fully saturated rings. The summed E-state index contributed by atoms with van der Waals surface area (Å²) in [6, 6.07) is 5.04. The van der Waals surface area contributed by atoms with Gasteiger partial charge in [-0.1, -0.05) is 12.5 Å². The predicted octanol–water partition coefficient (Wildman–Crippen LogP) is 2.57. The number of aromatic hydroxyl groups is 1. The van der Waals surface area contributed by atoms with Gasteiger partial charge in [-0.25, -0.2) is 0 Å². The second-order valence-corrected chi connectivity index (χ2v) is 5.32. The molecule has 5 nitrogen and oxygen atoms in total. The smallest absolute Gasteiger partial charge is 0.227 e. The maximum atomic E-state index is 11.9. The third-order valence-electron chi connectivity index (χ3n) is 3.85. The van der Waals surface area contributed by atoms with Gasteiger partial charge in [0.05, 0.1) is 18.9 Å². The molecule has 1 saturated heterocycles. The van der Waals surface area contributed by atoms with Gasteiger partial charge < -0.3 is 19.9 Å². The zero-order valence-corrected chi connectivity index (χ0v) is 11.3. The van der Waals surface area contributed by atoms with Crippen LogP contribution in [0.3, 0.4) is 0 Å².